The number of nitrogens with zero attached hydrogens (tertiary/aromatic N) is 2. The molecule has 0 aromatic rings. The molecular weight excluding hydrogens is 218 g/mol. The molecule has 1 aliphatic heterocycles. The quantitative estimate of drug-likeness (QED) is 0.709. The van der Waals surface area contributed by atoms with Gasteiger partial charge in [0.15, 0.2) is 0 Å². The van der Waals surface area contributed by atoms with Gasteiger partial charge in [0.2, 0.25) is 5.91 Å². The predicted octanol–water partition coefficient (Wildman–Crippen LogP) is 0.431. The number of likely N-dealkylation sites (tertiary alicyclic amines) is 1. The molecule has 1 aliphatic rings. The van der Waals surface area contributed by atoms with Crippen molar-refractivity contribution in [2.45, 2.75) is 19.0 Å². The van der Waals surface area contributed by atoms with Crippen LogP contribution in [0.3, 0.4) is 0 Å². The highest BCUT2D eigenvalue weighted by molar-refractivity contribution is 5.76. The van der Waals surface area contributed by atoms with E-state index in [2.05, 4.69) is 0 Å². The Morgan fingerprint density at radius 1 is 1.56 bits per heavy atom. The summed E-state index contributed by atoms with van der Waals surface area (Å²) in [5, 5.41) is 0. The van der Waals surface area contributed by atoms with Crippen molar-refractivity contribution in [1.29, 1.82) is 0 Å². The van der Waals surface area contributed by atoms with E-state index in [4.69, 9.17) is 4.74 Å². The summed E-state index contributed by atoms with van der Waals surface area (Å²) in [6.45, 7) is 2.00. The number of ether oxygens (including phenoxy) is 1. The van der Waals surface area contributed by atoms with Gasteiger partial charge in [-0.05, 0) is 6.54 Å². The number of alkyl halides is 2. The summed E-state index contributed by atoms with van der Waals surface area (Å²) in [7, 11) is 3.13. The van der Waals surface area contributed by atoms with Crippen LogP contribution in [0.4, 0.5) is 8.78 Å². The second-order valence-corrected chi connectivity index (χ2v) is 4.18. The predicted molar refractivity (Wildman–Crippen MR) is 55.5 cm³/mol. The van der Waals surface area contributed by atoms with Gasteiger partial charge < -0.3 is 9.64 Å². The zero-order valence-corrected chi connectivity index (χ0v) is 9.87. The molecule has 1 rings (SSSR count). The monoisotopic (exact) mass is 236 g/mol. The molecule has 0 spiro atoms. The third-order valence-electron chi connectivity index (χ3n) is 2.68. The van der Waals surface area contributed by atoms with E-state index in [0.29, 0.717) is 6.54 Å². The van der Waals surface area contributed by atoms with Crippen LogP contribution in [0.25, 0.3) is 0 Å². The van der Waals surface area contributed by atoms with Crippen LogP contribution in [0.15, 0.2) is 0 Å². The van der Waals surface area contributed by atoms with Crippen LogP contribution >= 0.6 is 0 Å². The largest absolute Gasteiger partial charge is 0.361 e. The zero-order chi connectivity index (χ0) is 12.3. The fourth-order valence-corrected chi connectivity index (χ4v) is 1.55. The van der Waals surface area contributed by atoms with Crippen LogP contribution in [0.1, 0.15) is 6.92 Å². The van der Waals surface area contributed by atoms with Gasteiger partial charge in [0, 0.05) is 20.6 Å². The van der Waals surface area contributed by atoms with Crippen LogP contribution in [0.5, 0.6) is 0 Å². The van der Waals surface area contributed by atoms with Gasteiger partial charge in [-0.15, -0.1) is 0 Å². The van der Waals surface area contributed by atoms with Crippen LogP contribution in [-0.4, -0.2) is 68.1 Å². The number of carbonyl (C=O) groups excluding carboxylic acids is 1. The zero-order valence-electron chi connectivity index (χ0n) is 9.87. The van der Waals surface area contributed by atoms with Crippen molar-refractivity contribution in [2.24, 2.45) is 0 Å². The van der Waals surface area contributed by atoms with Gasteiger partial charge in [0.05, 0.1) is 6.54 Å². The van der Waals surface area contributed by atoms with Crippen LogP contribution in [0, 0.1) is 0 Å². The topological polar surface area (TPSA) is 32.8 Å². The van der Waals surface area contributed by atoms with Crippen molar-refractivity contribution in [3.8, 4) is 0 Å². The molecule has 0 aromatic heterocycles. The van der Waals surface area contributed by atoms with Gasteiger partial charge >= 0.3 is 0 Å². The molecule has 1 amide bonds. The molecule has 0 saturated carbocycles. The van der Waals surface area contributed by atoms with Crippen molar-refractivity contribution in [3.05, 3.63) is 0 Å². The fourth-order valence-electron chi connectivity index (χ4n) is 1.55. The average molecular weight is 236 g/mol. The summed E-state index contributed by atoms with van der Waals surface area (Å²) < 4.78 is 31.8. The van der Waals surface area contributed by atoms with E-state index in [1.54, 1.807) is 19.0 Å². The van der Waals surface area contributed by atoms with Crippen molar-refractivity contribution in [3.63, 3.8) is 0 Å². The average Bonchev–Trinajstić information content (AvgIpc) is 2.49. The van der Waals surface area contributed by atoms with Gasteiger partial charge in [-0.3, -0.25) is 9.69 Å². The Kier molecular flexibility index (Phi) is 4.21. The molecule has 94 valence electrons. The molecule has 0 bridgehead atoms. The first-order valence-corrected chi connectivity index (χ1v) is 5.28. The number of hydrogen-bond acceptors (Lipinski definition) is 3. The van der Waals surface area contributed by atoms with Crippen LogP contribution in [0.2, 0.25) is 0 Å². The van der Waals surface area contributed by atoms with E-state index in [0.717, 1.165) is 0 Å². The number of carbonyl (C=O) groups is 1. The molecule has 0 aromatic carbocycles. The highest BCUT2D eigenvalue weighted by atomic mass is 19.3. The maximum absolute atomic E-state index is 13.4. The Bertz CT molecular complexity index is 259. The molecule has 1 unspecified atom stereocenters. The molecule has 1 saturated heterocycles. The fraction of sp³-hybridized carbons (Fsp3) is 0.900. The van der Waals surface area contributed by atoms with E-state index in [9.17, 15) is 13.6 Å². The van der Waals surface area contributed by atoms with Crippen LogP contribution in [-0.2, 0) is 9.53 Å². The van der Waals surface area contributed by atoms with Gasteiger partial charge in [-0.25, -0.2) is 8.78 Å². The summed E-state index contributed by atoms with van der Waals surface area (Å²) in [6, 6.07) is 0. The van der Waals surface area contributed by atoms with E-state index in [-0.39, 0.29) is 25.6 Å². The van der Waals surface area contributed by atoms with Crippen LogP contribution < -0.4 is 0 Å². The molecule has 1 atom stereocenters. The van der Waals surface area contributed by atoms with E-state index >= 15 is 0 Å². The minimum atomic E-state index is -2.86. The lowest BCUT2D eigenvalue weighted by Crippen LogP contribution is -2.37. The van der Waals surface area contributed by atoms with Gasteiger partial charge in [0.1, 0.15) is 12.7 Å². The lowest BCUT2D eigenvalue weighted by molar-refractivity contribution is -0.145. The second kappa shape index (κ2) is 5.05. The maximum Gasteiger partial charge on any atom is 0.287 e. The summed E-state index contributed by atoms with van der Waals surface area (Å²) in [6.07, 6.45) is -1.17. The molecule has 1 heterocycles. The first-order chi connectivity index (χ1) is 7.36. The third-order valence-corrected chi connectivity index (χ3v) is 2.68. The first kappa shape index (κ1) is 13.3. The molecule has 0 aliphatic carbocycles. The SMILES string of the molecule is CCN1CC(OCC(=O)N(C)C)C(F)(F)C1. The molecule has 0 N–H and O–H groups in total. The number of amides is 1. The minimum absolute atomic E-state index is 0.185. The Hall–Kier alpha value is -0.750. The number of hydrogen-bond donors (Lipinski definition) is 0. The molecule has 16 heavy (non-hydrogen) atoms. The molecule has 4 nitrogen and oxygen atoms in total. The van der Waals surface area contributed by atoms with Crippen molar-refractivity contribution in [2.75, 3.05) is 40.3 Å². The maximum atomic E-state index is 13.4. The standard InChI is InChI=1S/C10H18F2N2O2/c1-4-14-5-8(10(11,12)7-14)16-6-9(15)13(2)3/h8H,4-7H2,1-3H3. The smallest absolute Gasteiger partial charge is 0.287 e. The van der Waals surface area contributed by atoms with Crippen molar-refractivity contribution in [1.82, 2.24) is 9.80 Å². The molecular formula is C10H18F2N2O2. The van der Waals surface area contributed by atoms with Gasteiger partial charge in [0.25, 0.3) is 5.92 Å². The number of halogens is 2. The second-order valence-electron chi connectivity index (χ2n) is 4.18. The summed E-state index contributed by atoms with van der Waals surface area (Å²) in [5.41, 5.74) is 0. The van der Waals surface area contributed by atoms with E-state index in [1.165, 1.54) is 4.90 Å². The Morgan fingerprint density at radius 3 is 2.62 bits per heavy atom. The number of rotatable bonds is 4. The number of likely N-dealkylation sites (N-methyl/N-ethyl adjacent to an activating group) is 2. The summed E-state index contributed by atoms with van der Waals surface area (Å²) in [5.74, 6) is -3.16. The minimum Gasteiger partial charge on any atom is -0.361 e. The third kappa shape index (κ3) is 3.12. The lowest BCUT2D eigenvalue weighted by atomic mass is 10.2. The molecule has 6 heteroatoms. The Labute approximate surface area is 94.1 Å². The summed E-state index contributed by atoms with van der Waals surface area (Å²) in [4.78, 5) is 14.1. The Morgan fingerprint density at radius 2 is 2.19 bits per heavy atom. The van der Waals surface area contributed by atoms with Crippen molar-refractivity contribution < 1.29 is 18.3 Å². The molecule has 0 radical (unpaired) electrons. The van der Waals surface area contributed by atoms with Gasteiger partial charge in [-0.1, -0.05) is 6.92 Å². The molecule has 1 fully saturated rings. The summed E-state index contributed by atoms with van der Waals surface area (Å²) >= 11 is 0. The highest BCUT2D eigenvalue weighted by Crippen LogP contribution is 2.29. The highest BCUT2D eigenvalue weighted by Gasteiger charge is 2.48. The lowest BCUT2D eigenvalue weighted by Gasteiger charge is -2.19. The normalized spacial score (nSPS) is 24.7. The van der Waals surface area contributed by atoms with Crippen molar-refractivity contribution >= 4 is 5.91 Å². The van der Waals surface area contributed by atoms with E-state index in [1.807, 2.05) is 6.92 Å². The van der Waals surface area contributed by atoms with E-state index < -0.39 is 12.0 Å². The first-order valence-electron chi connectivity index (χ1n) is 5.28. The van der Waals surface area contributed by atoms with Gasteiger partial charge in [-0.2, -0.15) is 0 Å². The Balaban J connectivity index is 2.45.